The first-order chi connectivity index (χ1) is 12.5. The summed E-state index contributed by atoms with van der Waals surface area (Å²) < 4.78 is 0. The quantitative estimate of drug-likeness (QED) is 0.638. The lowest BCUT2D eigenvalue weighted by Gasteiger charge is -2.44. The second kappa shape index (κ2) is 7.99. The normalized spacial score (nSPS) is 20.8. The first kappa shape index (κ1) is 18.6. The van der Waals surface area contributed by atoms with Crippen molar-refractivity contribution in [2.24, 2.45) is 0 Å². The van der Waals surface area contributed by atoms with E-state index in [9.17, 15) is 9.59 Å². The molecule has 2 amide bonds. The van der Waals surface area contributed by atoms with Crippen molar-refractivity contribution in [3.63, 3.8) is 0 Å². The molecule has 0 bridgehead atoms. The molecule has 0 spiro atoms. The maximum absolute atomic E-state index is 12.6. The molecule has 1 saturated heterocycles. The highest BCUT2D eigenvalue weighted by atomic mass is 32.1. The fourth-order valence-corrected chi connectivity index (χ4v) is 4.12. The van der Waals surface area contributed by atoms with E-state index in [1.807, 2.05) is 34.5 Å². The molecule has 2 aromatic rings. The summed E-state index contributed by atoms with van der Waals surface area (Å²) in [5, 5.41) is 10.6. The first-order valence-corrected chi connectivity index (χ1v) is 9.49. The van der Waals surface area contributed by atoms with E-state index in [4.69, 9.17) is 5.21 Å². The van der Waals surface area contributed by atoms with Gasteiger partial charge in [0.1, 0.15) is 0 Å². The van der Waals surface area contributed by atoms with Crippen LogP contribution in [0.2, 0.25) is 0 Å². The molecular weight excluding hydrogens is 350 g/mol. The van der Waals surface area contributed by atoms with E-state index in [-0.39, 0.29) is 18.0 Å². The number of hydroxylamine groups is 1. The smallest absolute Gasteiger partial charge is 0.274 e. The number of nitrogens with zero attached hydrogens (tertiary/aromatic N) is 2. The van der Waals surface area contributed by atoms with Gasteiger partial charge in [-0.25, -0.2) is 5.48 Å². The number of hydrogen-bond donors (Lipinski definition) is 2. The van der Waals surface area contributed by atoms with Crippen molar-refractivity contribution in [2.75, 3.05) is 13.1 Å². The second-order valence-electron chi connectivity index (χ2n) is 6.70. The van der Waals surface area contributed by atoms with E-state index in [0.717, 1.165) is 17.0 Å². The van der Waals surface area contributed by atoms with Crippen LogP contribution in [0.15, 0.2) is 41.8 Å². The van der Waals surface area contributed by atoms with E-state index < -0.39 is 5.91 Å². The number of hydrogen-bond acceptors (Lipinski definition) is 5. The Balaban J connectivity index is 1.65. The molecule has 2 heterocycles. The fraction of sp³-hybridized carbons (Fsp3) is 0.368. The fourth-order valence-electron chi connectivity index (χ4n) is 3.43. The van der Waals surface area contributed by atoms with Crippen LogP contribution in [0.3, 0.4) is 0 Å². The minimum atomic E-state index is -0.515. The van der Waals surface area contributed by atoms with Crippen molar-refractivity contribution in [1.82, 2.24) is 15.3 Å². The Labute approximate surface area is 157 Å². The molecule has 1 fully saturated rings. The number of carbonyl (C=O) groups is 2. The molecule has 1 aromatic heterocycles. The van der Waals surface area contributed by atoms with Gasteiger partial charge in [-0.3, -0.25) is 19.7 Å². The lowest BCUT2D eigenvalue weighted by Crippen LogP contribution is -2.57. The van der Waals surface area contributed by atoms with Crippen molar-refractivity contribution in [3.8, 4) is 0 Å². The Morgan fingerprint density at radius 3 is 2.35 bits per heavy atom. The SMILES string of the molecule is C[C@@H]1CN(C(=O)c2cccs2)C[C@H](C)N1Cc1ccc(C(=O)NO)cc1. The highest BCUT2D eigenvalue weighted by molar-refractivity contribution is 7.12. The van der Waals surface area contributed by atoms with Gasteiger partial charge < -0.3 is 4.90 Å². The predicted molar refractivity (Wildman–Crippen MR) is 100 cm³/mol. The summed E-state index contributed by atoms with van der Waals surface area (Å²) in [5.41, 5.74) is 3.15. The molecule has 1 aromatic carbocycles. The largest absolute Gasteiger partial charge is 0.335 e. The standard InChI is InChI=1S/C19H23N3O3S/c1-13-10-21(19(24)17-4-3-9-26-17)11-14(2)22(13)12-15-5-7-16(8-6-15)18(23)20-25/h3-9,13-14,25H,10-12H2,1-2H3,(H,20,23)/t13-,14+. The molecule has 0 aliphatic carbocycles. The summed E-state index contributed by atoms with van der Waals surface area (Å²) in [6.45, 7) is 6.43. The lowest BCUT2D eigenvalue weighted by molar-refractivity contribution is 0.0273. The van der Waals surface area contributed by atoms with E-state index in [2.05, 4.69) is 18.7 Å². The van der Waals surface area contributed by atoms with Gasteiger partial charge in [0.05, 0.1) is 4.88 Å². The summed E-state index contributed by atoms with van der Waals surface area (Å²) >= 11 is 1.48. The summed E-state index contributed by atoms with van der Waals surface area (Å²) in [5.74, 6) is -0.406. The van der Waals surface area contributed by atoms with Crippen molar-refractivity contribution < 1.29 is 14.8 Å². The number of nitrogens with one attached hydrogen (secondary N) is 1. The highest BCUT2D eigenvalue weighted by Crippen LogP contribution is 2.22. The number of amides is 2. The van der Waals surface area contributed by atoms with Crippen molar-refractivity contribution in [3.05, 3.63) is 57.8 Å². The van der Waals surface area contributed by atoms with Crippen molar-refractivity contribution >= 4 is 23.2 Å². The van der Waals surface area contributed by atoms with Gasteiger partial charge in [-0.05, 0) is 43.0 Å². The van der Waals surface area contributed by atoms with Crippen LogP contribution in [0.4, 0.5) is 0 Å². The van der Waals surface area contributed by atoms with Crippen LogP contribution >= 0.6 is 11.3 Å². The van der Waals surface area contributed by atoms with Gasteiger partial charge in [0.15, 0.2) is 0 Å². The second-order valence-corrected chi connectivity index (χ2v) is 7.64. The van der Waals surface area contributed by atoms with E-state index in [1.165, 1.54) is 11.3 Å². The van der Waals surface area contributed by atoms with E-state index >= 15 is 0 Å². The molecule has 0 unspecified atom stereocenters. The number of rotatable bonds is 4. The third-order valence-electron chi connectivity index (χ3n) is 4.80. The van der Waals surface area contributed by atoms with E-state index in [0.29, 0.717) is 18.7 Å². The molecule has 0 saturated carbocycles. The average Bonchev–Trinajstić information content (AvgIpc) is 3.18. The van der Waals surface area contributed by atoms with Crippen LogP contribution in [0, 0.1) is 0 Å². The van der Waals surface area contributed by atoms with Gasteiger partial charge in [0.25, 0.3) is 11.8 Å². The molecule has 1 aliphatic heterocycles. The number of thiophene rings is 1. The Morgan fingerprint density at radius 1 is 1.15 bits per heavy atom. The first-order valence-electron chi connectivity index (χ1n) is 8.61. The van der Waals surface area contributed by atoms with Crippen LogP contribution in [0.25, 0.3) is 0 Å². The van der Waals surface area contributed by atoms with Gasteiger partial charge in [-0.15, -0.1) is 11.3 Å². The minimum Gasteiger partial charge on any atom is -0.335 e. The Morgan fingerprint density at radius 2 is 1.81 bits per heavy atom. The lowest BCUT2D eigenvalue weighted by atomic mass is 10.0. The van der Waals surface area contributed by atoms with Crippen molar-refractivity contribution in [1.29, 1.82) is 0 Å². The molecule has 138 valence electrons. The third kappa shape index (κ3) is 3.95. The van der Waals surface area contributed by atoms with Gasteiger partial charge in [-0.1, -0.05) is 18.2 Å². The maximum atomic E-state index is 12.6. The van der Waals surface area contributed by atoms with Crippen LogP contribution in [0.1, 0.15) is 39.4 Å². The van der Waals surface area contributed by atoms with Crippen molar-refractivity contribution in [2.45, 2.75) is 32.5 Å². The van der Waals surface area contributed by atoms with Gasteiger partial charge in [0, 0.05) is 37.3 Å². The zero-order valence-corrected chi connectivity index (χ0v) is 15.7. The van der Waals surface area contributed by atoms with Crippen LogP contribution in [-0.2, 0) is 6.54 Å². The van der Waals surface area contributed by atoms with Gasteiger partial charge in [-0.2, -0.15) is 0 Å². The molecular formula is C19H23N3O3S. The minimum absolute atomic E-state index is 0.109. The molecule has 26 heavy (non-hydrogen) atoms. The molecule has 7 heteroatoms. The molecule has 0 radical (unpaired) electrons. The number of benzene rings is 1. The van der Waals surface area contributed by atoms with Gasteiger partial charge >= 0.3 is 0 Å². The molecule has 3 rings (SSSR count). The summed E-state index contributed by atoms with van der Waals surface area (Å²) in [4.78, 5) is 29.1. The molecule has 2 atom stereocenters. The molecule has 6 nitrogen and oxygen atoms in total. The molecule has 1 aliphatic rings. The molecule has 2 N–H and O–H groups in total. The summed E-state index contributed by atoms with van der Waals surface area (Å²) in [6.07, 6.45) is 0. The Bertz CT molecular complexity index is 749. The van der Waals surface area contributed by atoms with Crippen LogP contribution < -0.4 is 5.48 Å². The average molecular weight is 373 g/mol. The zero-order chi connectivity index (χ0) is 18.7. The van der Waals surface area contributed by atoms with E-state index in [1.54, 1.807) is 17.6 Å². The third-order valence-corrected chi connectivity index (χ3v) is 5.66. The Hall–Kier alpha value is -2.22. The summed E-state index contributed by atoms with van der Waals surface area (Å²) in [6, 6.07) is 11.5. The summed E-state index contributed by atoms with van der Waals surface area (Å²) in [7, 11) is 0. The van der Waals surface area contributed by atoms with Crippen LogP contribution in [-0.4, -0.2) is 52.0 Å². The zero-order valence-electron chi connectivity index (χ0n) is 14.9. The predicted octanol–water partition coefficient (Wildman–Crippen LogP) is 2.60. The number of piperazine rings is 1. The monoisotopic (exact) mass is 373 g/mol. The maximum Gasteiger partial charge on any atom is 0.274 e. The number of carbonyl (C=O) groups excluding carboxylic acids is 2. The van der Waals surface area contributed by atoms with Crippen LogP contribution in [0.5, 0.6) is 0 Å². The Kier molecular flexibility index (Phi) is 5.70. The highest BCUT2D eigenvalue weighted by Gasteiger charge is 2.32. The topological polar surface area (TPSA) is 72.9 Å². The van der Waals surface area contributed by atoms with Gasteiger partial charge in [0.2, 0.25) is 0 Å².